The Morgan fingerprint density at radius 1 is 1.65 bits per heavy atom. The fourth-order valence-electron chi connectivity index (χ4n) is 1.40. The van der Waals surface area contributed by atoms with Gasteiger partial charge in [0.15, 0.2) is 5.69 Å². The van der Waals surface area contributed by atoms with Crippen LogP contribution in [0.5, 0.6) is 0 Å². The largest absolute Gasteiger partial charge is 0.350 e. The Bertz CT molecular complexity index is 507. The van der Waals surface area contributed by atoms with Crippen molar-refractivity contribution in [3.05, 3.63) is 38.3 Å². The van der Waals surface area contributed by atoms with Gasteiger partial charge in [-0.1, -0.05) is 6.07 Å². The van der Waals surface area contributed by atoms with Crippen LogP contribution in [-0.2, 0) is 6.42 Å². The van der Waals surface area contributed by atoms with E-state index in [-0.39, 0.29) is 5.91 Å². The maximum absolute atomic E-state index is 11.8. The first-order valence-electron chi connectivity index (χ1n) is 5.19. The number of thiophene rings is 1. The Balaban J connectivity index is 1.87. The van der Waals surface area contributed by atoms with Crippen molar-refractivity contribution in [2.75, 3.05) is 6.54 Å². The first kappa shape index (κ1) is 12.3. The van der Waals surface area contributed by atoms with Crippen LogP contribution < -0.4 is 5.32 Å². The zero-order chi connectivity index (χ0) is 12.3. The van der Waals surface area contributed by atoms with Crippen molar-refractivity contribution in [3.63, 3.8) is 0 Å². The number of halogens is 1. The van der Waals surface area contributed by atoms with Gasteiger partial charge in [-0.15, -0.1) is 11.3 Å². The summed E-state index contributed by atoms with van der Waals surface area (Å²) in [4.78, 5) is 13.1. The molecule has 0 saturated carbocycles. The van der Waals surface area contributed by atoms with Gasteiger partial charge in [0.1, 0.15) is 0 Å². The SMILES string of the molecule is Cc1[nH]nc(C(=O)NCCc2cccs2)c1Br. The predicted octanol–water partition coefficient (Wildman–Crippen LogP) is 2.51. The highest BCUT2D eigenvalue weighted by molar-refractivity contribution is 9.10. The monoisotopic (exact) mass is 313 g/mol. The molecule has 2 heterocycles. The number of aryl methyl sites for hydroxylation is 1. The van der Waals surface area contributed by atoms with Gasteiger partial charge in [0.2, 0.25) is 0 Å². The lowest BCUT2D eigenvalue weighted by Gasteiger charge is -2.02. The van der Waals surface area contributed by atoms with Crippen molar-refractivity contribution in [2.45, 2.75) is 13.3 Å². The molecule has 0 atom stereocenters. The molecule has 0 bridgehead atoms. The normalized spacial score (nSPS) is 10.5. The molecule has 6 heteroatoms. The Kier molecular flexibility index (Phi) is 3.96. The van der Waals surface area contributed by atoms with E-state index in [0.29, 0.717) is 12.2 Å². The van der Waals surface area contributed by atoms with Crippen LogP contribution in [0.4, 0.5) is 0 Å². The van der Waals surface area contributed by atoms with Gasteiger partial charge in [-0.25, -0.2) is 0 Å². The molecule has 90 valence electrons. The number of aromatic amines is 1. The molecular weight excluding hydrogens is 302 g/mol. The van der Waals surface area contributed by atoms with Crippen LogP contribution in [0, 0.1) is 6.92 Å². The number of H-pyrrole nitrogens is 1. The molecule has 2 rings (SSSR count). The summed E-state index contributed by atoms with van der Waals surface area (Å²) in [6.07, 6.45) is 0.852. The van der Waals surface area contributed by atoms with Gasteiger partial charge in [0.25, 0.3) is 5.91 Å². The van der Waals surface area contributed by atoms with E-state index in [2.05, 4.69) is 37.5 Å². The topological polar surface area (TPSA) is 57.8 Å². The van der Waals surface area contributed by atoms with Crippen LogP contribution in [0.25, 0.3) is 0 Å². The molecule has 0 aromatic carbocycles. The molecule has 0 radical (unpaired) electrons. The molecule has 0 fully saturated rings. The van der Waals surface area contributed by atoms with Crippen molar-refractivity contribution < 1.29 is 4.79 Å². The minimum Gasteiger partial charge on any atom is -0.350 e. The molecule has 4 nitrogen and oxygen atoms in total. The lowest BCUT2D eigenvalue weighted by molar-refractivity contribution is 0.0948. The number of hydrogen-bond donors (Lipinski definition) is 2. The molecule has 0 aliphatic carbocycles. The first-order valence-corrected chi connectivity index (χ1v) is 6.87. The van der Waals surface area contributed by atoms with Gasteiger partial charge >= 0.3 is 0 Å². The van der Waals surface area contributed by atoms with E-state index in [1.165, 1.54) is 4.88 Å². The standard InChI is InChI=1S/C11H12BrN3OS/c1-7-9(12)10(15-14-7)11(16)13-5-4-8-3-2-6-17-8/h2-3,6H,4-5H2,1H3,(H,13,16)(H,14,15). The summed E-state index contributed by atoms with van der Waals surface area (Å²) in [5.41, 5.74) is 1.27. The van der Waals surface area contributed by atoms with E-state index >= 15 is 0 Å². The molecule has 1 amide bonds. The summed E-state index contributed by atoms with van der Waals surface area (Å²) >= 11 is 5.02. The van der Waals surface area contributed by atoms with Crippen LogP contribution in [-0.4, -0.2) is 22.6 Å². The number of nitrogens with one attached hydrogen (secondary N) is 2. The molecule has 2 aromatic rings. The van der Waals surface area contributed by atoms with Crippen LogP contribution >= 0.6 is 27.3 Å². The van der Waals surface area contributed by atoms with E-state index < -0.39 is 0 Å². The minimum absolute atomic E-state index is 0.155. The molecule has 0 aliphatic rings. The van der Waals surface area contributed by atoms with Gasteiger partial charge in [0, 0.05) is 17.1 Å². The van der Waals surface area contributed by atoms with E-state index in [0.717, 1.165) is 16.6 Å². The van der Waals surface area contributed by atoms with Crippen molar-refractivity contribution in [2.24, 2.45) is 0 Å². The summed E-state index contributed by atoms with van der Waals surface area (Å²) in [6.45, 7) is 2.48. The summed E-state index contributed by atoms with van der Waals surface area (Å²) in [5, 5.41) is 11.6. The number of rotatable bonds is 4. The predicted molar refractivity (Wildman–Crippen MR) is 71.4 cm³/mol. The second-order valence-electron chi connectivity index (χ2n) is 3.60. The fourth-order valence-corrected chi connectivity index (χ4v) is 2.47. The number of amides is 1. The Labute approximate surface area is 112 Å². The summed E-state index contributed by atoms with van der Waals surface area (Å²) in [7, 11) is 0. The molecule has 2 N–H and O–H groups in total. The molecule has 0 saturated heterocycles. The van der Waals surface area contributed by atoms with Gasteiger partial charge < -0.3 is 5.32 Å². The molecule has 0 aliphatic heterocycles. The zero-order valence-corrected chi connectivity index (χ0v) is 11.7. The van der Waals surface area contributed by atoms with Crippen molar-refractivity contribution in [1.29, 1.82) is 0 Å². The van der Waals surface area contributed by atoms with Crippen molar-refractivity contribution >= 4 is 33.2 Å². The average Bonchev–Trinajstić information content (AvgIpc) is 2.91. The third kappa shape index (κ3) is 2.95. The molecule has 0 spiro atoms. The lowest BCUT2D eigenvalue weighted by atomic mass is 10.3. The maximum atomic E-state index is 11.8. The number of hydrogen-bond acceptors (Lipinski definition) is 3. The van der Waals surface area contributed by atoms with E-state index in [9.17, 15) is 4.79 Å². The van der Waals surface area contributed by atoms with Crippen LogP contribution in [0.1, 0.15) is 21.1 Å². The van der Waals surface area contributed by atoms with Gasteiger partial charge in [0.05, 0.1) is 4.47 Å². The molecular formula is C11H12BrN3OS. The summed E-state index contributed by atoms with van der Waals surface area (Å²) in [5.74, 6) is -0.155. The van der Waals surface area contributed by atoms with Crippen LogP contribution in [0.2, 0.25) is 0 Å². The molecule has 17 heavy (non-hydrogen) atoms. The van der Waals surface area contributed by atoms with Gasteiger partial charge in [-0.2, -0.15) is 5.10 Å². The lowest BCUT2D eigenvalue weighted by Crippen LogP contribution is -2.26. The van der Waals surface area contributed by atoms with Crippen molar-refractivity contribution in [1.82, 2.24) is 15.5 Å². The highest BCUT2D eigenvalue weighted by Gasteiger charge is 2.14. The summed E-state index contributed by atoms with van der Waals surface area (Å²) < 4.78 is 0.728. The van der Waals surface area contributed by atoms with E-state index in [1.54, 1.807) is 11.3 Å². The smallest absolute Gasteiger partial charge is 0.272 e. The minimum atomic E-state index is -0.155. The molecule has 0 unspecified atom stereocenters. The number of carbonyl (C=O) groups excluding carboxylic acids is 1. The Morgan fingerprint density at radius 3 is 3.06 bits per heavy atom. The second kappa shape index (κ2) is 5.46. The number of nitrogens with zero attached hydrogens (tertiary/aromatic N) is 1. The highest BCUT2D eigenvalue weighted by atomic mass is 79.9. The van der Waals surface area contributed by atoms with Gasteiger partial charge in [-0.3, -0.25) is 9.89 Å². The van der Waals surface area contributed by atoms with Crippen LogP contribution in [0.15, 0.2) is 22.0 Å². The maximum Gasteiger partial charge on any atom is 0.272 e. The third-order valence-corrected chi connectivity index (χ3v) is 4.23. The quantitative estimate of drug-likeness (QED) is 0.911. The third-order valence-electron chi connectivity index (χ3n) is 2.32. The van der Waals surface area contributed by atoms with Crippen LogP contribution in [0.3, 0.4) is 0 Å². The number of carbonyl (C=O) groups is 1. The van der Waals surface area contributed by atoms with Crippen molar-refractivity contribution in [3.8, 4) is 0 Å². The van der Waals surface area contributed by atoms with Gasteiger partial charge in [-0.05, 0) is 40.7 Å². The Hall–Kier alpha value is -1.14. The second-order valence-corrected chi connectivity index (χ2v) is 5.42. The highest BCUT2D eigenvalue weighted by Crippen LogP contribution is 2.17. The summed E-state index contributed by atoms with van der Waals surface area (Å²) in [6, 6.07) is 4.07. The average molecular weight is 314 g/mol. The van der Waals surface area contributed by atoms with E-state index in [4.69, 9.17) is 0 Å². The fraction of sp³-hybridized carbons (Fsp3) is 0.273. The number of aromatic nitrogens is 2. The Morgan fingerprint density at radius 2 is 2.47 bits per heavy atom. The first-order chi connectivity index (χ1) is 8.18. The zero-order valence-electron chi connectivity index (χ0n) is 9.29. The molecule has 2 aromatic heterocycles. The van der Waals surface area contributed by atoms with E-state index in [1.807, 2.05) is 18.4 Å².